The number of hydrogen-bond donors (Lipinski definition) is 1. The summed E-state index contributed by atoms with van der Waals surface area (Å²) in [6, 6.07) is 7.30. The van der Waals surface area contributed by atoms with Crippen molar-refractivity contribution in [1.82, 2.24) is 0 Å². The van der Waals surface area contributed by atoms with Crippen LogP contribution in [0.1, 0.15) is 32.1 Å². The molecule has 2 nitrogen and oxygen atoms in total. The molecule has 0 spiro atoms. The second-order valence-corrected chi connectivity index (χ2v) is 6.13. The lowest BCUT2D eigenvalue weighted by atomic mass is 9.86. The van der Waals surface area contributed by atoms with Crippen LogP contribution in [0.3, 0.4) is 0 Å². The standard InChI is InChI=1S/C15H18ClNO/c16-13-3-5-14(6-4-13)17-15(18)9-12-8-10-1-2-11(12)7-10/h3-6,10-12H,1-2,7-9H2,(H,17,18)/t10-,11-,12+/m1/s1. The van der Waals surface area contributed by atoms with Crippen LogP contribution < -0.4 is 5.32 Å². The Balaban J connectivity index is 1.54. The molecule has 96 valence electrons. The third-order valence-electron chi connectivity index (χ3n) is 4.46. The van der Waals surface area contributed by atoms with Crippen LogP contribution in [0.5, 0.6) is 0 Å². The minimum atomic E-state index is 0.148. The van der Waals surface area contributed by atoms with Crippen molar-refractivity contribution in [1.29, 1.82) is 0 Å². The molecule has 2 aliphatic rings. The molecule has 2 aliphatic carbocycles. The first kappa shape index (κ1) is 12.0. The van der Waals surface area contributed by atoms with E-state index in [-0.39, 0.29) is 5.91 Å². The molecular formula is C15H18ClNO. The lowest BCUT2D eigenvalue weighted by Crippen LogP contribution is -2.20. The van der Waals surface area contributed by atoms with Gasteiger partial charge in [0.05, 0.1) is 0 Å². The average Bonchev–Trinajstić information content (AvgIpc) is 2.94. The SMILES string of the molecule is O=C(C[C@@H]1C[C@@H]2CC[C@@H]1C2)Nc1ccc(Cl)cc1. The summed E-state index contributed by atoms with van der Waals surface area (Å²) in [4.78, 5) is 12.0. The van der Waals surface area contributed by atoms with E-state index in [4.69, 9.17) is 11.6 Å². The molecule has 0 radical (unpaired) electrons. The van der Waals surface area contributed by atoms with Crippen LogP contribution in [0.25, 0.3) is 0 Å². The van der Waals surface area contributed by atoms with Crippen LogP contribution in [0.2, 0.25) is 5.02 Å². The van der Waals surface area contributed by atoms with Gasteiger partial charge in [-0.1, -0.05) is 18.0 Å². The van der Waals surface area contributed by atoms with E-state index in [2.05, 4.69) is 5.32 Å². The van der Waals surface area contributed by atoms with Gasteiger partial charge in [0, 0.05) is 17.1 Å². The molecule has 0 aromatic heterocycles. The van der Waals surface area contributed by atoms with Gasteiger partial charge in [-0.3, -0.25) is 4.79 Å². The monoisotopic (exact) mass is 263 g/mol. The van der Waals surface area contributed by atoms with E-state index in [1.807, 2.05) is 12.1 Å². The zero-order valence-electron chi connectivity index (χ0n) is 10.4. The molecule has 18 heavy (non-hydrogen) atoms. The quantitative estimate of drug-likeness (QED) is 0.874. The maximum absolute atomic E-state index is 12.0. The molecule has 1 N–H and O–H groups in total. The van der Waals surface area contributed by atoms with Gasteiger partial charge < -0.3 is 5.32 Å². The van der Waals surface area contributed by atoms with E-state index in [0.29, 0.717) is 17.4 Å². The Morgan fingerprint density at radius 1 is 1.22 bits per heavy atom. The maximum Gasteiger partial charge on any atom is 0.224 e. The van der Waals surface area contributed by atoms with E-state index in [0.717, 1.165) is 17.5 Å². The van der Waals surface area contributed by atoms with Gasteiger partial charge >= 0.3 is 0 Å². The second-order valence-electron chi connectivity index (χ2n) is 5.69. The van der Waals surface area contributed by atoms with E-state index in [9.17, 15) is 4.79 Å². The van der Waals surface area contributed by atoms with Crippen LogP contribution in [-0.2, 0) is 4.79 Å². The summed E-state index contributed by atoms with van der Waals surface area (Å²) in [5.74, 6) is 2.49. The number of benzene rings is 1. The number of hydrogen-bond acceptors (Lipinski definition) is 1. The third-order valence-corrected chi connectivity index (χ3v) is 4.71. The van der Waals surface area contributed by atoms with Crippen LogP contribution in [0.15, 0.2) is 24.3 Å². The second kappa shape index (κ2) is 4.93. The van der Waals surface area contributed by atoms with Crippen molar-refractivity contribution in [2.24, 2.45) is 17.8 Å². The van der Waals surface area contributed by atoms with Gasteiger partial charge in [0.15, 0.2) is 0 Å². The summed E-state index contributed by atoms with van der Waals surface area (Å²) in [5.41, 5.74) is 0.840. The molecule has 1 aromatic carbocycles. The zero-order chi connectivity index (χ0) is 12.5. The molecule has 2 bridgehead atoms. The Kier molecular flexibility index (Phi) is 3.29. The highest BCUT2D eigenvalue weighted by Gasteiger charge is 2.40. The number of anilines is 1. The van der Waals surface area contributed by atoms with Gasteiger partial charge in [0.2, 0.25) is 5.91 Å². The highest BCUT2D eigenvalue weighted by molar-refractivity contribution is 6.30. The van der Waals surface area contributed by atoms with E-state index < -0.39 is 0 Å². The Bertz CT molecular complexity index is 442. The summed E-state index contributed by atoms with van der Waals surface area (Å²) < 4.78 is 0. The number of halogens is 1. The highest BCUT2D eigenvalue weighted by Crippen LogP contribution is 2.49. The molecule has 1 amide bonds. The molecule has 0 saturated heterocycles. The minimum absolute atomic E-state index is 0.148. The van der Waals surface area contributed by atoms with Gasteiger partial charge in [-0.2, -0.15) is 0 Å². The summed E-state index contributed by atoms with van der Waals surface area (Å²) in [5, 5.41) is 3.65. The van der Waals surface area contributed by atoms with Crippen molar-refractivity contribution in [3.63, 3.8) is 0 Å². The number of fused-ring (bicyclic) bond motifs is 2. The largest absolute Gasteiger partial charge is 0.326 e. The Morgan fingerprint density at radius 3 is 2.61 bits per heavy atom. The normalized spacial score (nSPS) is 29.5. The topological polar surface area (TPSA) is 29.1 Å². The first-order valence-electron chi connectivity index (χ1n) is 6.76. The van der Waals surface area contributed by atoms with Gasteiger partial charge in [-0.25, -0.2) is 0 Å². The van der Waals surface area contributed by atoms with Crippen molar-refractivity contribution in [2.75, 3.05) is 5.32 Å². The van der Waals surface area contributed by atoms with Crippen molar-refractivity contribution < 1.29 is 4.79 Å². The molecule has 3 heteroatoms. The van der Waals surface area contributed by atoms with Crippen molar-refractivity contribution in [3.05, 3.63) is 29.3 Å². The predicted molar refractivity (Wildman–Crippen MR) is 73.6 cm³/mol. The fourth-order valence-electron chi connectivity index (χ4n) is 3.61. The smallest absolute Gasteiger partial charge is 0.224 e. The summed E-state index contributed by atoms with van der Waals surface area (Å²) in [7, 11) is 0. The van der Waals surface area contributed by atoms with Gasteiger partial charge in [-0.05, 0) is 61.3 Å². The number of rotatable bonds is 3. The molecule has 2 fully saturated rings. The minimum Gasteiger partial charge on any atom is -0.326 e. The van der Waals surface area contributed by atoms with E-state index in [1.165, 1.54) is 25.7 Å². The number of carbonyl (C=O) groups excluding carboxylic acids is 1. The maximum atomic E-state index is 12.0. The van der Waals surface area contributed by atoms with Crippen LogP contribution in [-0.4, -0.2) is 5.91 Å². The van der Waals surface area contributed by atoms with Crippen LogP contribution in [0.4, 0.5) is 5.69 Å². The van der Waals surface area contributed by atoms with Crippen molar-refractivity contribution >= 4 is 23.2 Å². The Hall–Kier alpha value is -1.02. The molecule has 1 aromatic rings. The summed E-state index contributed by atoms with van der Waals surface area (Å²) in [6.07, 6.45) is 6.03. The van der Waals surface area contributed by atoms with Crippen LogP contribution >= 0.6 is 11.6 Å². The fraction of sp³-hybridized carbons (Fsp3) is 0.533. The Labute approximate surface area is 113 Å². The average molecular weight is 264 g/mol. The van der Waals surface area contributed by atoms with E-state index >= 15 is 0 Å². The van der Waals surface area contributed by atoms with Gasteiger partial charge in [0.25, 0.3) is 0 Å². The first-order chi connectivity index (χ1) is 8.70. The molecule has 3 rings (SSSR count). The summed E-state index contributed by atoms with van der Waals surface area (Å²) >= 11 is 5.82. The fourth-order valence-corrected chi connectivity index (χ4v) is 3.74. The number of nitrogens with one attached hydrogen (secondary N) is 1. The molecular weight excluding hydrogens is 246 g/mol. The molecule has 0 aliphatic heterocycles. The Morgan fingerprint density at radius 2 is 2.00 bits per heavy atom. The summed E-state index contributed by atoms with van der Waals surface area (Å²) in [6.45, 7) is 0. The van der Waals surface area contributed by atoms with Gasteiger partial charge in [-0.15, -0.1) is 0 Å². The van der Waals surface area contributed by atoms with Gasteiger partial charge in [0.1, 0.15) is 0 Å². The molecule has 3 atom stereocenters. The lowest BCUT2D eigenvalue weighted by molar-refractivity contribution is -0.117. The van der Waals surface area contributed by atoms with E-state index in [1.54, 1.807) is 12.1 Å². The lowest BCUT2D eigenvalue weighted by Gasteiger charge is -2.20. The number of amides is 1. The predicted octanol–water partition coefficient (Wildman–Crippen LogP) is 4.10. The molecule has 2 saturated carbocycles. The third kappa shape index (κ3) is 2.54. The van der Waals surface area contributed by atoms with Crippen molar-refractivity contribution in [3.8, 4) is 0 Å². The first-order valence-corrected chi connectivity index (χ1v) is 7.14. The molecule has 0 unspecified atom stereocenters. The highest BCUT2D eigenvalue weighted by atomic mass is 35.5. The van der Waals surface area contributed by atoms with Crippen molar-refractivity contribution in [2.45, 2.75) is 32.1 Å². The number of carbonyl (C=O) groups is 1. The zero-order valence-corrected chi connectivity index (χ0v) is 11.1. The van der Waals surface area contributed by atoms with Crippen LogP contribution in [0, 0.1) is 17.8 Å². The molecule has 0 heterocycles.